The lowest BCUT2D eigenvalue weighted by Crippen LogP contribution is -2.65. The maximum Gasteiger partial charge on any atom is 0.315 e. The molecule has 45 heavy (non-hydrogen) atoms. The molecule has 0 spiro atoms. The number of nitrogens with two attached hydrogens (primary N) is 1. The van der Waals surface area contributed by atoms with E-state index in [4.69, 9.17) is 10.5 Å². The molecule has 2 heterocycles. The lowest BCUT2D eigenvalue weighted by atomic mass is 9.41. The monoisotopic (exact) mass is 619 g/mol. The molecule has 0 radical (unpaired) electrons. The van der Waals surface area contributed by atoms with Gasteiger partial charge in [0, 0.05) is 30.2 Å². The highest BCUT2D eigenvalue weighted by molar-refractivity contribution is 5.90. The Hall–Kier alpha value is -2.09. The molecule has 7 heteroatoms. The Bertz CT molecular complexity index is 1340. The van der Waals surface area contributed by atoms with E-state index in [0.717, 1.165) is 74.6 Å². The van der Waals surface area contributed by atoms with E-state index in [1.807, 2.05) is 26.1 Å². The van der Waals surface area contributed by atoms with Crippen molar-refractivity contribution in [3.8, 4) is 0 Å². The first-order valence-electron chi connectivity index (χ1n) is 17.8. The third-order valence-corrected chi connectivity index (χ3v) is 13.4. The van der Waals surface area contributed by atoms with Gasteiger partial charge in [0.2, 0.25) is 0 Å². The number of rotatable bonds is 12. The summed E-state index contributed by atoms with van der Waals surface area (Å²) in [6, 6.07) is 4.09. The van der Waals surface area contributed by atoms with E-state index in [1.165, 1.54) is 0 Å². The predicted molar refractivity (Wildman–Crippen MR) is 176 cm³/mol. The van der Waals surface area contributed by atoms with Gasteiger partial charge >= 0.3 is 5.97 Å². The second kappa shape index (κ2) is 11.6. The Kier molecular flexibility index (Phi) is 8.43. The summed E-state index contributed by atoms with van der Waals surface area (Å²) >= 11 is 0. The first-order chi connectivity index (χ1) is 21.3. The van der Waals surface area contributed by atoms with Crippen molar-refractivity contribution in [2.45, 2.75) is 117 Å². The first kappa shape index (κ1) is 32.8. The fraction of sp³-hybridized carbons (Fsp3) is 0.763. The molecule has 0 aromatic carbocycles. The number of fused-ring (bicyclic) bond motifs is 2. The molecule has 7 unspecified atom stereocenters. The number of carbonyl (C=O) groups excluding carboxylic acids is 1. The molecule has 3 N–H and O–H groups in total. The van der Waals surface area contributed by atoms with Crippen molar-refractivity contribution in [2.24, 2.45) is 57.5 Å². The van der Waals surface area contributed by atoms with Crippen LogP contribution in [0.4, 0.5) is 0 Å². The minimum atomic E-state index is -1.19. The fourth-order valence-corrected chi connectivity index (χ4v) is 11.6. The molecular weight excluding hydrogens is 562 g/mol. The largest absolute Gasteiger partial charge is 0.481 e. The summed E-state index contributed by atoms with van der Waals surface area (Å²) < 4.78 is 7.28. The minimum absolute atomic E-state index is 0.00718. The van der Waals surface area contributed by atoms with Gasteiger partial charge < -0.3 is 20.4 Å². The van der Waals surface area contributed by atoms with Crippen LogP contribution >= 0.6 is 0 Å². The number of pyridine rings is 1. The SMILES string of the molecule is CCCCC1CC(C23C[C@@H]4[C@H](C)CC[C@H]4C4(C=O)CC2C=C(C(C)C)C34C(=O)O)OC1CN(C)Cc1cc(C(C)(C)N)ccn1. The molecule has 1 aliphatic heterocycles. The third-order valence-electron chi connectivity index (χ3n) is 13.4. The smallest absolute Gasteiger partial charge is 0.315 e. The predicted octanol–water partition coefficient (Wildman–Crippen LogP) is 6.60. The Labute approximate surface area is 270 Å². The van der Waals surface area contributed by atoms with Gasteiger partial charge in [-0.15, -0.1) is 0 Å². The number of allylic oxidation sites excluding steroid dienone is 1. The summed E-state index contributed by atoms with van der Waals surface area (Å²) in [5.74, 6) is 0.721. The molecule has 5 aliphatic rings. The topological polar surface area (TPSA) is 106 Å². The second-order valence-corrected chi connectivity index (χ2v) is 16.6. The molecular formula is C38H57N3O4. The van der Waals surface area contributed by atoms with Crippen molar-refractivity contribution < 1.29 is 19.4 Å². The number of likely N-dealkylation sites (N-methyl/N-ethyl adjacent to an activating group) is 1. The Morgan fingerprint density at radius 3 is 2.69 bits per heavy atom. The molecule has 1 saturated heterocycles. The van der Waals surface area contributed by atoms with Crippen molar-refractivity contribution in [3.63, 3.8) is 0 Å². The van der Waals surface area contributed by atoms with Crippen molar-refractivity contribution in [3.05, 3.63) is 41.2 Å². The van der Waals surface area contributed by atoms with E-state index in [2.05, 4.69) is 56.8 Å². The van der Waals surface area contributed by atoms with Gasteiger partial charge in [-0.1, -0.05) is 58.6 Å². The fourth-order valence-electron chi connectivity index (χ4n) is 11.6. The van der Waals surface area contributed by atoms with Crippen LogP contribution in [0.3, 0.4) is 0 Å². The molecule has 0 amide bonds. The molecule has 6 rings (SSSR count). The van der Waals surface area contributed by atoms with Crippen LogP contribution in [0.5, 0.6) is 0 Å². The van der Waals surface area contributed by atoms with E-state index in [0.29, 0.717) is 30.7 Å². The van der Waals surface area contributed by atoms with Crippen LogP contribution in [0.2, 0.25) is 0 Å². The van der Waals surface area contributed by atoms with Crippen molar-refractivity contribution in [1.82, 2.24) is 9.88 Å². The van der Waals surface area contributed by atoms with Gasteiger partial charge in [-0.2, -0.15) is 0 Å². The van der Waals surface area contributed by atoms with Gasteiger partial charge in [0.1, 0.15) is 11.7 Å². The number of ether oxygens (including phenoxy) is 1. The van der Waals surface area contributed by atoms with Crippen molar-refractivity contribution >= 4 is 12.3 Å². The molecule has 4 aliphatic carbocycles. The highest BCUT2D eigenvalue weighted by atomic mass is 16.5. The Balaban J connectivity index is 1.35. The molecule has 248 valence electrons. The number of unbranched alkanes of at least 4 members (excludes halogenated alkanes) is 1. The number of carbonyl (C=O) groups is 2. The van der Waals surface area contributed by atoms with Crippen LogP contribution in [0.15, 0.2) is 30.0 Å². The van der Waals surface area contributed by atoms with Crippen LogP contribution in [0.25, 0.3) is 0 Å². The molecule has 3 saturated carbocycles. The zero-order chi connectivity index (χ0) is 32.5. The standard InChI is InChI=1S/C38H57N3O4/c1-8-9-10-25-15-33(45-32(25)21-41(7)20-28-16-26(13-14-40-28)35(5,6)39)37-19-29-24(4)11-12-30(29)36(22-42)18-27(37)17-31(23(2)3)38(36,37)34(43)44/h13-14,16-17,22-25,27,29-30,32-33H,8-12,15,18-21,39H2,1-7H3,(H,43,44)/t24-,25?,27?,29-,30-,32?,33?,36?,37?,38?/m1/s1. The van der Waals surface area contributed by atoms with Crippen molar-refractivity contribution in [2.75, 3.05) is 13.6 Å². The van der Waals surface area contributed by atoms with Gasteiger partial charge in [0.05, 0.1) is 23.3 Å². The Morgan fingerprint density at radius 2 is 2.04 bits per heavy atom. The molecule has 1 aromatic heterocycles. The maximum absolute atomic E-state index is 14.0. The quantitative estimate of drug-likeness (QED) is 0.201. The number of carboxylic acids is 1. The summed E-state index contributed by atoms with van der Waals surface area (Å²) in [6.07, 6.45) is 12.9. The normalized spacial score (nSPS) is 40.3. The van der Waals surface area contributed by atoms with Gasteiger partial charge in [-0.25, -0.2) is 0 Å². The van der Waals surface area contributed by atoms with E-state index >= 15 is 0 Å². The summed E-state index contributed by atoms with van der Waals surface area (Å²) in [5.41, 5.74) is 6.39. The molecule has 1 aromatic rings. The summed E-state index contributed by atoms with van der Waals surface area (Å²) in [6.45, 7) is 14.3. The van der Waals surface area contributed by atoms with Crippen molar-refractivity contribution in [1.29, 1.82) is 0 Å². The van der Waals surface area contributed by atoms with Gasteiger partial charge in [0.25, 0.3) is 0 Å². The van der Waals surface area contributed by atoms with Crippen LogP contribution < -0.4 is 5.73 Å². The van der Waals surface area contributed by atoms with Crippen LogP contribution in [0.1, 0.15) is 104 Å². The summed E-state index contributed by atoms with van der Waals surface area (Å²) in [5, 5.41) is 11.5. The van der Waals surface area contributed by atoms with Gasteiger partial charge in [0.15, 0.2) is 0 Å². The summed E-state index contributed by atoms with van der Waals surface area (Å²) in [4.78, 5) is 34.5. The average Bonchev–Trinajstić information content (AvgIpc) is 3.68. The van der Waals surface area contributed by atoms with E-state index in [-0.39, 0.29) is 30.0 Å². The Morgan fingerprint density at radius 1 is 1.29 bits per heavy atom. The number of aromatic nitrogens is 1. The average molecular weight is 620 g/mol. The molecule has 10 atom stereocenters. The highest BCUT2D eigenvalue weighted by Gasteiger charge is 2.86. The molecule has 4 bridgehead atoms. The number of nitrogens with zero attached hydrogens (tertiary/aromatic N) is 2. The minimum Gasteiger partial charge on any atom is -0.481 e. The second-order valence-electron chi connectivity index (χ2n) is 16.6. The lowest BCUT2D eigenvalue weighted by Gasteiger charge is -2.60. The number of aliphatic carboxylic acids is 1. The molecule has 4 fully saturated rings. The third kappa shape index (κ3) is 4.64. The number of hydrogen-bond acceptors (Lipinski definition) is 6. The molecule has 7 nitrogen and oxygen atoms in total. The highest BCUT2D eigenvalue weighted by Crippen LogP contribution is 2.84. The first-order valence-corrected chi connectivity index (χ1v) is 17.8. The van der Waals surface area contributed by atoms with Crippen LogP contribution in [-0.2, 0) is 26.4 Å². The van der Waals surface area contributed by atoms with E-state index in [1.54, 1.807) is 0 Å². The van der Waals surface area contributed by atoms with Crippen LogP contribution in [-0.4, -0.2) is 53.0 Å². The zero-order valence-corrected chi connectivity index (χ0v) is 28.7. The lowest BCUT2D eigenvalue weighted by molar-refractivity contribution is -0.197. The van der Waals surface area contributed by atoms with Crippen LogP contribution in [0, 0.1) is 51.8 Å². The number of aldehydes is 1. The maximum atomic E-state index is 14.0. The van der Waals surface area contributed by atoms with E-state index in [9.17, 15) is 14.7 Å². The van der Waals surface area contributed by atoms with Gasteiger partial charge in [-0.05, 0) is 106 Å². The van der Waals surface area contributed by atoms with E-state index < -0.39 is 27.8 Å². The number of hydrogen-bond donors (Lipinski definition) is 2. The zero-order valence-electron chi connectivity index (χ0n) is 28.7. The summed E-state index contributed by atoms with van der Waals surface area (Å²) in [7, 11) is 2.13. The number of carboxylic acid groups (broad SMARTS) is 1. The van der Waals surface area contributed by atoms with Gasteiger partial charge in [-0.3, -0.25) is 14.7 Å².